The minimum absolute atomic E-state index is 0.117. The standard InChI is InChI=1S/C14H16N2O4/c1-3-20-13(18)10(2)15-9-12(17)16(14(15)19)11-7-5-4-6-8-11/h4-8,10H,3,9H2,1-2H3/t10-/m1/s1. The number of imide groups is 1. The molecular formula is C14H16N2O4. The molecule has 2 rings (SSSR count). The molecule has 0 unspecified atom stereocenters. The Morgan fingerprint density at radius 2 is 1.95 bits per heavy atom. The largest absolute Gasteiger partial charge is 0.464 e. The first-order valence-electron chi connectivity index (χ1n) is 6.41. The number of urea groups is 1. The van der Waals surface area contributed by atoms with Crippen molar-refractivity contribution in [3.05, 3.63) is 30.3 Å². The first-order chi connectivity index (χ1) is 9.56. The molecule has 1 aliphatic heterocycles. The maximum absolute atomic E-state index is 12.3. The van der Waals surface area contributed by atoms with Crippen LogP contribution in [0.15, 0.2) is 30.3 Å². The molecule has 0 bridgehead atoms. The fourth-order valence-corrected chi connectivity index (χ4v) is 2.04. The zero-order valence-electron chi connectivity index (χ0n) is 11.4. The molecule has 1 atom stereocenters. The van der Waals surface area contributed by atoms with Gasteiger partial charge in [-0.1, -0.05) is 18.2 Å². The highest BCUT2D eigenvalue weighted by Gasteiger charge is 2.41. The van der Waals surface area contributed by atoms with Crippen LogP contribution in [-0.2, 0) is 14.3 Å². The second-order valence-electron chi connectivity index (χ2n) is 4.40. The lowest BCUT2D eigenvalue weighted by Gasteiger charge is -2.22. The maximum Gasteiger partial charge on any atom is 0.332 e. The van der Waals surface area contributed by atoms with Crippen molar-refractivity contribution in [2.24, 2.45) is 0 Å². The Morgan fingerprint density at radius 3 is 2.55 bits per heavy atom. The summed E-state index contributed by atoms with van der Waals surface area (Å²) in [7, 11) is 0. The first-order valence-corrected chi connectivity index (χ1v) is 6.41. The molecule has 20 heavy (non-hydrogen) atoms. The van der Waals surface area contributed by atoms with Crippen molar-refractivity contribution >= 4 is 23.6 Å². The van der Waals surface area contributed by atoms with Gasteiger partial charge in [-0.3, -0.25) is 4.79 Å². The van der Waals surface area contributed by atoms with E-state index in [4.69, 9.17) is 4.74 Å². The highest BCUT2D eigenvalue weighted by Crippen LogP contribution is 2.22. The molecule has 1 aliphatic rings. The molecule has 1 saturated heterocycles. The molecule has 1 heterocycles. The Balaban J connectivity index is 2.19. The molecule has 1 aromatic rings. The molecule has 0 aliphatic carbocycles. The lowest BCUT2D eigenvalue weighted by Crippen LogP contribution is -2.43. The van der Waals surface area contributed by atoms with Gasteiger partial charge in [0.1, 0.15) is 12.6 Å². The Bertz CT molecular complexity index is 529. The Morgan fingerprint density at radius 1 is 1.30 bits per heavy atom. The van der Waals surface area contributed by atoms with E-state index in [0.717, 1.165) is 4.90 Å². The summed E-state index contributed by atoms with van der Waals surface area (Å²) in [5, 5.41) is 0. The number of anilines is 1. The van der Waals surface area contributed by atoms with Crippen LogP contribution in [0.25, 0.3) is 0 Å². The minimum Gasteiger partial charge on any atom is -0.464 e. The summed E-state index contributed by atoms with van der Waals surface area (Å²) in [6.45, 7) is 3.37. The summed E-state index contributed by atoms with van der Waals surface area (Å²) in [6.07, 6.45) is 0. The van der Waals surface area contributed by atoms with Crippen molar-refractivity contribution in [3.63, 3.8) is 0 Å². The van der Waals surface area contributed by atoms with E-state index in [0.29, 0.717) is 5.69 Å². The van der Waals surface area contributed by atoms with Crippen LogP contribution in [0.3, 0.4) is 0 Å². The molecule has 0 aromatic heterocycles. The van der Waals surface area contributed by atoms with Crippen LogP contribution >= 0.6 is 0 Å². The highest BCUT2D eigenvalue weighted by molar-refractivity contribution is 6.20. The fraction of sp³-hybridized carbons (Fsp3) is 0.357. The molecule has 3 amide bonds. The van der Waals surface area contributed by atoms with Crippen molar-refractivity contribution in [2.75, 3.05) is 18.1 Å². The molecule has 0 spiro atoms. The summed E-state index contributed by atoms with van der Waals surface area (Å²) in [5.74, 6) is -0.860. The van der Waals surface area contributed by atoms with Gasteiger partial charge in [-0.05, 0) is 26.0 Å². The Labute approximate surface area is 116 Å². The van der Waals surface area contributed by atoms with Crippen LogP contribution in [0.4, 0.5) is 10.5 Å². The molecule has 0 N–H and O–H groups in total. The van der Waals surface area contributed by atoms with Gasteiger partial charge in [0.25, 0.3) is 5.91 Å². The average Bonchev–Trinajstić information content (AvgIpc) is 2.74. The molecule has 0 radical (unpaired) electrons. The van der Waals surface area contributed by atoms with E-state index in [9.17, 15) is 14.4 Å². The lowest BCUT2D eigenvalue weighted by atomic mass is 10.3. The van der Waals surface area contributed by atoms with Crippen LogP contribution in [0, 0.1) is 0 Å². The molecular weight excluding hydrogens is 260 g/mol. The second-order valence-corrected chi connectivity index (χ2v) is 4.40. The third-order valence-electron chi connectivity index (χ3n) is 3.10. The first kappa shape index (κ1) is 14.0. The third-order valence-corrected chi connectivity index (χ3v) is 3.10. The smallest absolute Gasteiger partial charge is 0.332 e. The Hall–Kier alpha value is -2.37. The zero-order chi connectivity index (χ0) is 14.7. The van der Waals surface area contributed by atoms with Crippen molar-refractivity contribution < 1.29 is 19.1 Å². The molecule has 1 aromatic carbocycles. The number of benzene rings is 1. The molecule has 0 saturated carbocycles. The zero-order valence-corrected chi connectivity index (χ0v) is 11.4. The average molecular weight is 276 g/mol. The summed E-state index contributed by atoms with van der Waals surface area (Å²) >= 11 is 0. The van der Waals surface area contributed by atoms with Gasteiger partial charge in [-0.15, -0.1) is 0 Å². The van der Waals surface area contributed by atoms with Gasteiger partial charge < -0.3 is 9.64 Å². The summed E-state index contributed by atoms with van der Waals surface area (Å²) in [6, 6.07) is 7.36. The summed E-state index contributed by atoms with van der Waals surface area (Å²) in [4.78, 5) is 38.3. The van der Waals surface area contributed by atoms with Gasteiger partial charge >= 0.3 is 12.0 Å². The summed E-state index contributed by atoms with van der Waals surface area (Å²) in [5.41, 5.74) is 0.501. The number of hydrogen-bond acceptors (Lipinski definition) is 4. The van der Waals surface area contributed by atoms with Crippen LogP contribution in [0.1, 0.15) is 13.8 Å². The van der Waals surface area contributed by atoms with Gasteiger partial charge in [-0.2, -0.15) is 0 Å². The SMILES string of the molecule is CCOC(=O)[C@@H](C)N1CC(=O)N(c2ccccc2)C1=O. The van der Waals surface area contributed by atoms with E-state index in [1.54, 1.807) is 44.2 Å². The van der Waals surface area contributed by atoms with Crippen molar-refractivity contribution in [2.45, 2.75) is 19.9 Å². The van der Waals surface area contributed by atoms with E-state index in [2.05, 4.69) is 0 Å². The normalized spacial score (nSPS) is 16.5. The number of carbonyl (C=O) groups excluding carboxylic acids is 3. The van der Waals surface area contributed by atoms with E-state index < -0.39 is 18.0 Å². The number of rotatable bonds is 4. The van der Waals surface area contributed by atoms with Gasteiger partial charge in [0.2, 0.25) is 0 Å². The maximum atomic E-state index is 12.3. The number of amides is 3. The quantitative estimate of drug-likeness (QED) is 0.616. The number of nitrogens with zero attached hydrogens (tertiary/aromatic N) is 2. The van der Waals surface area contributed by atoms with Crippen molar-refractivity contribution in [3.8, 4) is 0 Å². The topological polar surface area (TPSA) is 66.9 Å². The number of esters is 1. The molecule has 6 heteroatoms. The Kier molecular flexibility index (Phi) is 4.02. The molecule has 1 fully saturated rings. The van der Waals surface area contributed by atoms with Crippen LogP contribution in [0.2, 0.25) is 0 Å². The van der Waals surface area contributed by atoms with Gasteiger partial charge in [0, 0.05) is 0 Å². The number of ether oxygens (including phenoxy) is 1. The number of carbonyl (C=O) groups is 3. The third kappa shape index (κ3) is 2.49. The van der Waals surface area contributed by atoms with Crippen LogP contribution in [-0.4, -0.2) is 42.0 Å². The highest BCUT2D eigenvalue weighted by atomic mass is 16.5. The summed E-state index contributed by atoms with van der Waals surface area (Å²) < 4.78 is 4.88. The second kappa shape index (κ2) is 5.73. The lowest BCUT2D eigenvalue weighted by molar-refractivity contribution is -0.147. The van der Waals surface area contributed by atoms with Crippen molar-refractivity contribution in [1.82, 2.24) is 4.90 Å². The van der Waals surface area contributed by atoms with E-state index in [1.807, 2.05) is 0 Å². The molecule has 106 valence electrons. The molecule has 6 nitrogen and oxygen atoms in total. The number of para-hydroxylation sites is 1. The van der Waals surface area contributed by atoms with E-state index in [1.165, 1.54) is 4.90 Å². The van der Waals surface area contributed by atoms with Gasteiger partial charge in [0.05, 0.1) is 12.3 Å². The van der Waals surface area contributed by atoms with Gasteiger partial charge in [-0.25, -0.2) is 14.5 Å². The predicted octanol–water partition coefficient (Wildman–Crippen LogP) is 1.41. The van der Waals surface area contributed by atoms with Crippen molar-refractivity contribution in [1.29, 1.82) is 0 Å². The minimum atomic E-state index is -0.778. The van der Waals surface area contributed by atoms with Gasteiger partial charge in [0.15, 0.2) is 0 Å². The van der Waals surface area contributed by atoms with Crippen LogP contribution in [0.5, 0.6) is 0 Å². The van der Waals surface area contributed by atoms with Crippen LogP contribution < -0.4 is 4.90 Å². The predicted molar refractivity (Wildman–Crippen MR) is 72.1 cm³/mol. The number of hydrogen-bond donors (Lipinski definition) is 0. The monoisotopic (exact) mass is 276 g/mol. The van der Waals surface area contributed by atoms with E-state index in [-0.39, 0.29) is 19.1 Å². The van der Waals surface area contributed by atoms with E-state index >= 15 is 0 Å². The fourth-order valence-electron chi connectivity index (χ4n) is 2.04.